The summed E-state index contributed by atoms with van der Waals surface area (Å²) in [7, 11) is 3.31. The average molecular weight is 599 g/mol. The van der Waals surface area contributed by atoms with Gasteiger partial charge < -0.3 is 24.1 Å². The van der Waals surface area contributed by atoms with Gasteiger partial charge >= 0.3 is 0 Å². The highest BCUT2D eigenvalue weighted by atomic mass is 16.6. The van der Waals surface area contributed by atoms with Crippen molar-refractivity contribution in [3.63, 3.8) is 0 Å². The monoisotopic (exact) mass is 598 g/mol. The molecular formula is C40H38O5. The Labute approximate surface area is 265 Å². The number of hydrogen-bond donors (Lipinski definition) is 1. The number of benzene rings is 5. The van der Waals surface area contributed by atoms with Crippen LogP contribution < -0.4 is 9.47 Å². The highest BCUT2D eigenvalue weighted by Gasteiger charge is 2.41. The van der Waals surface area contributed by atoms with Crippen molar-refractivity contribution in [2.24, 2.45) is 0 Å². The van der Waals surface area contributed by atoms with E-state index in [0.29, 0.717) is 6.42 Å². The molecule has 0 unspecified atom stereocenters. The van der Waals surface area contributed by atoms with Crippen LogP contribution in [0.1, 0.15) is 45.9 Å². The lowest BCUT2D eigenvalue weighted by molar-refractivity contribution is -0.0828. The Balaban J connectivity index is 1.29. The molecule has 1 aliphatic rings. The number of aliphatic hydroxyl groups is 1. The first-order valence-electron chi connectivity index (χ1n) is 15.2. The van der Waals surface area contributed by atoms with E-state index in [-0.39, 0.29) is 12.7 Å². The van der Waals surface area contributed by atoms with E-state index < -0.39 is 17.8 Å². The molecule has 0 spiro atoms. The number of ether oxygens (including phenoxy) is 4. The van der Waals surface area contributed by atoms with Gasteiger partial charge in [-0.15, -0.1) is 0 Å². The molecule has 0 bridgehead atoms. The van der Waals surface area contributed by atoms with Crippen LogP contribution in [0.25, 0.3) is 12.2 Å². The quantitative estimate of drug-likeness (QED) is 0.123. The molecule has 0 amide bonds. The highest BCUT2D eigenvalue weighted by molar-refractivity contribution is 5.69. The van der Waals surface area contributed by atoms with Crippen molar-refractivity contribution in [2.45, 2.75) is 30.3 Å². The van der Waals surface area contributed by atoms with Gasteiger partial charge in [0, 0.05) is 6.42 Å². The van der Waals surface area contributed by atoms with Gasteiger partial charge in [0.05, 0.1) is 33.0 Å². The summed E-state index contributed by atoms with van der Waals surface area (Å²) in [5.74, 6) is 1.52. The van der Waals surface area contributed by atoms with Crippen molar-refractivity contribution >= 4 is 12.2 Å². The van der Waals surface area contributed by atoms with Crippen LogP contribution in [-0.2, 0) is 15.1 Å². The molecule has 1 fully saturated rings. The van der Waals surface area contributed by atoms with Crippen LogP contribution in [0.3, 0.4) is 0 Å². The number of hydrogen-bond acceptors (Lipinski definition) is 5. The first-order chi connectivity index (χ1) is 22.1. The Hall–Kier alpha value is -4.68. The molecule has 0 saturated carbocycles. The van der Waals surface area contributed by atoms with Gasteiger partial charge in [-0.25, -0.2) is 0 Å². The summed E-state index contributed by atoms with van der Waals surface area (Å²) < 4.78 is 24.4. The predicted molar refractivity (Wildman–Crippen MR) is 178 cm³/mol. The second-order valence-corrected chi connectivity index (χ2v) is 11.2. The van der Waals surface area contributed by atoms with E-state index >= 15 is 0 Å². The van der Waals surface area contributed by atoms with Crippen LogP contribution in [0.5, 0.6) is 11.5 Å². The molecule has 228 valence electrons. The molecule has 1 heterocycles. The molecule has 0 aromatic heterocycles. The van der Waals surface area contributed by atoms with Crippen LogP contribution in [0.2, 0.25) is 0 Å². The Kier molecular flexibility index (Phi) is 9.41. The second kappa shape index (κ2) is 14.0. The molecular weight excluding hydrogens is 560 g/mol. The van der Waals surface area contributed by atoms with Gasteiger partial charge in [0.2, 0.25) is 0 Å². The fraction of sp³-hybridized carbons (Fsp3) is 0.200. The lowest BCUT2D eigenvalue weighted by Crippen LogP contribution is -2.38. The van der Waals surface area contributed by atoms with Crippen molar-refractivity contribution in [2.75, 3.05) is 20.8 Å². The summed E-state index contributed by atoms with van der Waals surface area (Å²) >= 11 is 0. The maximum absolute atomic E-state index is 11.2. The molecule has 1 saturated heterocycles. The second-order valence-electron chi connectivity index (χ2n) is 11.2. The smallest absolute Gasteiger partial charge is 0.143 e. The van der Waals surface area contributed by atoms with Crippen LogP contribution in [-0.4, -0.2) is 38.1 Å². The average Bonchev–Trinajstić information content (AvgIpc) is 3.49. The third-order valence-electron chi connectivity index (χ3n) is 8.41. The van der Waals surface area contributed by atoms with E-state index in [4.69, 9.17) is 18.9 Å². The Morgan fingerprint density at radius 1 is 0.667 bits per heavy atom. The first kappa shape index (κ1) is 30.4. The molecule has 6 rings (SSSR count). The topological polar surface area (TPSA) is 57.2 Å². The fourth-order valence-corrected chi connectivity index (χ4v) is 5.99. The third-order valence-corrected chi connectivity index (χ3v) is 8.41. The normalized spacial score (nSPS) is 18.2. The van der Waals surface area contributed by atoms with E-state index in [9.17, 15) is 5.11 Å². The van der Waals surface area contributed by atoms with Gasteiger partial charge in [-0.1, -0.05) is 115 Å². The number of rotatable bonds is 11. The maximum Gasteiger partial charge on any atom is 0.143 e. The van der Waals surface area contributed by atoms with Crippen LogP contribution >= 0.6 is 0 Å². The summed E-state index contributed by atoms with van der Waals surface area (Å²) in [5.41, 5.74) is 5.10. The van der Waals surface area contributed by atoms with Gasteiger partial charge in [0.25, 0.3) is 0 Å². The van der Waals surface area contributed by atoms with Gasteiger partial charge in [-0.3, -0.25) is 0 Å². The molecule has 5 aromatic carbocycles. The molecule has 0 aliphatic carbocycles. The van der Waals surface area contributed by atoms with Crippen molar-refractivity contribution in [1.82, 2.24) is 0 Å². The molecule has 45 heavy (non-hydrogen) atoms. The predicted octanol–water partition coefficient (Wildman–Crippen LogP) is 8.07. The molecule has 1 aliphatic heterocycles. The Morgan fingerprint density at radius 2 is 1.20 bits per heavy atom. The van der Waals surface area contributed by atoms with E-state index in [1.54, 1.807) is 14.2 Å². The van der Waals surface area contributed by atoms with E-state index in [2.05, 4.69) is 54.6 Å². The zero-order chi connectivity index (χ0) is 31.1. The van der Waals surface area contributed by atoms with Crippen molar-refractivity contribution in [1.29, 1.82) is 0 Å². The minimum absolute atomic E-state index is 0.179. The van der Waals surface area contributed by atoms with E-state index in [0.717, 1.165) is 44.9 Å². The van der Waals surface area contributed by atoms with Gasteiger partial charge in [-0.05, 0) is 63.7 Å². The maximum atomic E-state index is 11.2. The summed E-state index contributed by atoms with van der Waals surface area (Å²) in [6, 6.07) is 44.5. The summed E-state index contributed by atoms with van der Waals surface area (Å²) in [4.78, 5) is 0. The van der Waals surface area contributed by atoms with Crippen molar-refractivity contribution in [3.05, 3.63) is 167 Å². The first-order valence-corrected chi connectivity index (χ1v) is 15.2. The van der Waals surface area contributed by atoms with Crippen LogP contribution in [0.15, 0.2) is 133 Å². The van der Waals surface area contributed by atoms with Gasteiger partial charge in [0.15, 0.2) is 0 Å². The Morgan fingerprint density at radius 3 is 1.80 bits per heavy atom. The standard InChI is InChI=1S/C40H38O5/c1-42-35-22-18-33(19-23-35)40(32-14-7-4-8-15-32,34-20-24-36(43-2)25-21-34)44-28-39-37(41)27-38(45-39)31-13-9-12-30(26-31)17-16-29-10-5-3-6-11-29/h3-26,37-39,41H,27-28H2,1-2H3/b17-16+/t37-,38-,39+/m0/s1. The lowest BCUT2D eigenvalue weighted by atomic mass is 9.80. The lowest BCUT2D eigenvalue weighted by Gasteiger charge is -2.37. The fourth-order valence-electron chi connectivity index (χ4n) is 5.99. The Bertz CT molecular complexity index is 1630. The highest BCUT2D eigenvalue weighted by Crippen LogP contribution is 2.43. The number of methoxy groups -OCH3 is 2. The minimum atomic E-state index is -0.983. The van der Waals surface area contributed by atoms with E-state index in [1.807, 2.05) is 91.0 Å². The van der Waals surface area contributed by atoms with Crippen LogP contribution in [0.4, 0.5) is 0 Å². The molecule has 1 N–H and O–H groups in total. The summed E-state index contributed by atoms with van der Waals surface area (Å²) in [6.07, 6.45) is 3.25. The summed E-state index contributed by atoms with van der Waals surface area (Å²) in [5, 5.41) is 11.2. The zero-order valence-corrected chi connectivity index (χ0v) is 25.6. The van der Waals surface area contributed by atoms with Gasteiger partial charge in [0.1, 0.15) is 23.2 Å². The molecule has 0 radical (unpaired) electrons. The molecule has 3 atom stereocenters. The summed E-state index contributed by atoms with van der Waals surface area (Å²) in [6.45, 7) is 0.179. The number of aliphatic hydroxyl groups excluding tert-OH is 1. The van der Waals surface area contributed by atoms with Gasteiger partial charge in [-0.2, -0.15) is 0 Å². The molecule has 5 nitrogen and oxygen atoms in total. The SMILES string of the molecule is COc1ccc(C(OC[C@H]2O[C@H](c3cccc(/C=C/c4ccccc4)c3)C[C@@H]2O)(c2ccccc2)c2ccc(OC)cc2)cc1. The van der Waals surface area contributed by atoms with Crippen LogP contribution in [0, 0.1) is 0 Å². The molecule has 5 heteroatoms. The molecule has 5 aromatic rings. The van der Waals surface area contributed by atoms with Crippen molar-refractivity contribution < 1.29 is 24.1 Å². The third kappa shape index (κ3) is 6.71. The minimum Gasteiger partial charge on any atom is -0.497 e. The van der Waals surface area contributed by atoms with Crippen molar-refractivity contribution in [3.8, 4) is 11.5 Å². The zero-order valence-electron chi connectivity index (χ0n) is 25.6. The van der Waals surface area contributed by atoms with E-state index in [1.165, 1.54) is 0 Å². The largest absolute Gasteiger partial charge is 0.497 e.